The molecule has 9 rings (SSSR count). The summed E-state index contributed by atoms with van der Waals surface area (Å²) >= 11 is 0. The van der Waals surface area contributed by atoms with E-state index in [2.05, 4.69) is 0 Å². The Kier molecular flexibility index (Phi) is 12.9. The molecule has 0 amide bonds. The van der Waals surface area contributed by atoms with Gasteiger partial charge in [0.15, 0.2) is 48.4 Å². The third kappa shape index (κ3) is 9.86. The van der Waals surface area contributed by atoms with E-state index in [1.54, 1.807) is 133 Å². The number of rotatable bonds is 13. The Labute approximate surface area is 375 Å². The zero-order valence-corrected chi connectivity index (χ0v) is 36.8. The van der Waals surface area contributed by atoms with Gasteiger partial charge >= 0.3 is 17.9 Å². The second kappa shape index (κ2) is 18.3. The lowest BCUT2D eigenvalue weighted by molar-refractivity contribution is -0.332. The number of esters is 3. The fourth-order valence-electron chi connectivity index (χ4n) is 8.99. The molecule has 18 nitrogen and oxygen atoms in total. The normalized spacial score (nSPS) is 36.2. The van der Waals surface area contributed by atoms with Crippen molar-refractivity contribution in [2.24, 2.45) is 0 Å². The molecule has 6 aliphatic heterocycles. The number of aliphatic hydroxyl groups excluding tert-OH is 1. The van der Waals surface area contributed by atoms with Gasteiger partial charge in [-0.25, -0.2) is 14.4 Å². The fraction of sp³-hybridized carbons (Fsp3) is 0.553. The maximum Gasteiger partial charge on any atom is 0.338 e. The first-order valence-electron chi connectivity index (χ1n) is 21.7. The Morgan fingerprint density at radius 1 is 0.492 bits per heavy atom. The maximum atomic E-state index is 13.9. The van der Waals surface area contributed by atoms with Gasteiger partial charge in [-0.3, -0.25) is 0 Å². The van der Waals surface area contributed by atoms with Gasteiger partial charge in [-0.15, -0.1) is 0 Å². The summed E-state index contributed by atoms with van der Waals surface area (Å²) in [5.74, 6) is -5.34. The van der Waals surface area contributed by atoms with Crippen LogP contribution in [0.25, 0.3) is 0 Å². The van der Waals surface area contributed by atoms with Crippen molar-refractivity contribution >= 4 is 17.9 Å². The van der Waals surface area contributed by atoms with Gasteiger partial charge in [-0.1, -0.05) is 54.6 Å². The van der Waals surface area contributed by atoms with E-state index in [1.807, 2.05) is 0 Å². The van der Waals surface area contributed by atoms with Crippen molar-refractivity contribution in [2.45, 2.75) is 145 Å². The van der Waals surface area contributed by atoms with Crippen LogP contribution in [0.2, 0.25) is 0 Å². The highest BCUT2D eigenvalue weighted by molar-refractivity contribution is 5.91. The third-order valence-electron chi connectivity index (χ3n) is 11.7. The average molecular weight is 907 g/mol. The Hall–Kier alpha value is -4.41. The number of carbonyl (C=O) groups is 3. The maximum absolute atomic E-state index is 13.9. The van der Waals surface area contributed by atoms with Crippen LogP contribution in [0.3, 0.4) is 0 Å². The van der Waals surface area contributed by atoms with Gasteiger partial charge < -0.3 is 71.4 Å². The molecule has 350 valence electrons. The summed E-state index contributed by atoms with van der Waals surface area (Å²) in [6.07, 6.45) is -14.4. The molecule has 3 aromatic rings. The molecular weight excluding hydrogens is 852 g/mol. The highest BCUT2D eigenvalue weighted by Gasteiger charge is 2.63. The SMILES string of the molecule is CC1(C)O[C@H]2[C@@H](O1)[C@@H](CO)O[C@@H](OC[C@H]1O[C@@H]3OC(C)(C)O[C@@H]3[C@H]3OC(C)(C)O[C@H]31)[C@@H]2O[C@@H]1O[C@@H](COC(=O)c2ccccc2)[C@H](OC(=O)c2ccccc2)[C@H]1OC(=O)c1ccccc1. The van der Waals surface area contributed by atoms with Crippen molar-refractivity contribution in [3.05, 3.63) is 108 Å². The summed E-state index contributed by atoms with van der Waals surface area (Å²) in [5, 5.41) is 10.6. The van der Waals surface area contributed by atoms with Crippen LogP contribution >= 0.6 is 0 Å². The molecule has 0 aromatic heterocycles. The standard InChI is InChI=1S/C47H54O18/c1-45(2)60-32-28(22-48)54-42(53-24-30-33-35(63-46(3,4)61-33)38-44(56-30)65-47(5,6)64-38)37(34(32)62-45)59-43-36(58-41(51)27-20-14-9-15-21-27)31(57-40(50)26-18-12-8-13-19-26)29(55-43)23-52-39(49)25-16-10-7-11-17-25/h7-21,28-38,42-44,48H,22-24H2,1-6H3/t28-,29+,30-,31+,32+,33+,34+,35+,36-,37-,38-,42-,43+,44-/m1/s1. The molecule has 0 spiro atoms. The van der Waals surface area contributed by atoms with Gasteiger partial charge in [0.2, 0.25) is 0 Å². The molecule has 6 heterocycles. The average Bonchev–Trinajstić information content (AvgIpc) is 4.00. The predicted octanol–water partition coefficient (Wildman–Crippen LogP) is 4.06. The van der Waals surface area contributed by atoms with Crippen molar-refractivity contribution < 1.29 is 85.8 Å². The second-order valence-electron chi connectivity index (χ2n) is 17.9. The molecule has 0 radical (unpaired) electrons. The summed E-state index contributed by atoms with van der Waals surface area (Å²) in [5.41, 5.74) is 0.660. The summed E-state index contributed by atoms with van der Waals surface area (Å²) in [4.78, 5) is 41.0. The minimum absolute atomic E-state index is 0.161. The number of benzene rings is 3. The lowest BCUT2D eigenvalue weighted by Gasteiger charge is -2.43. The van der Waals surface area contributed by atoms with Crippen molar-refractivity contribution in [3.63, 3.8) is 0 Å². The van der Waals surface area contributed by atoms with Gasteiger partial charge in [-0.2, -0.15) is 0 Å². The van der Waals surface area contributed by atoms with E-state index in [1.165, 1.54) is 0 Å². The number of ether oxygens (including phenoxy) is 14. The number of hydrogen-bond acceptors (Lipinski definition) is 18. The van der Waals surface area contributed by atoms with E-state index in [0.29, 0.717) is 0 Å². The van der Waals surface area contributed by atoms with Crippen molar-refractivity contribution in [2.75, 3.05) is 19.8 Å². The summed E-state index contributed by atoms with van der Waals surface area (Å²) < 4.78 is 88.3. The van der Waals surface area contributed by atoms with Crippen LogP contribution in [0.4, 0.5) is 0 Å². The Morgan fingerprint density at radius 3 is 1.55 bits per heavy atom. The van der Waals surface area contributed by atoms with E-state index in [0.717, 1.165) is 0 Å². The fourth-order valence-corrected chi connectivity index (χ4v) is 8.99. The first-order valence-corrected chi connectivity index (χ1v) is 21.7. The van der Waals surface area contributed by atoms with Crippen LogP contribution < -0.4 is 0 Å². The molecule has 1 N–H and O–H groups in total. The minimum Gasteiger partial charge on any atom is -0.459 e. The zero-order valence-electron chi connectivity index (χ0n) is 36.8. The number of fused-ring (bicyclic) bond motifs is 4. The van der Waals surface area contributed by atoms with E-state index < -0.39 is 134 Å². The zero-order chi connectivity index (χ0) is 45.7. The highest BCUT2D eigenvalue weighted by Crippen LogP contribution is 2.45. The Balaban J connectivity index is 1.03. The summed E-state index contributed by atoms with van der Waals surface area (Å²) in [7, 11) is 0. The molecular formula is C47H54O18. The molecule has 6 aliphatic rings. The quantitative estimate of drug-likeness (QED) is 0.190. The number of aliphatic hydroxyl groups is 1. The van der Waals surface area contributed by atoms with E-state index in [9.17, 15) is 19.5 Å². The number of carbonyl (C=O) groups excluding carboxylic acids is 3. The van der Waals surface area contributed by atoms with Crippen molar-refractivity contribution in [1.29, 1.82) is 0 Å². The monoisotopic (exact) mass is 906 g/mol. The van der Waals surface area contributed by atoms with Gasteiger partial charge in [0, 0.05) is 0 Å². The minimum atomic E-state index is -1.54. The molecule has 0 aliphatic carbocycles. The Morgan fingerprint density at radius 2 is 0.969 bits per heavy atom. The van der Waals surface area contributed by atoms with Crippen LogP contribution in [0, 0.1) is 0 Å². The molecule has 18 heteroatoms. The molecule has 0 saturated carbocycles. The molecule has 0 bridgehead atoms. The topological polar surface area (TPSA) is 201 Å². The first-order chi connectivity index (χ1) is 31.1. The third-order valence-corrected chi connectivity index (χ3v) is 11.7. The second-order valence-corrected chi connectivity index (χ2v) is 17.9. The van der Waals surface area contributed by atoms with Crippen LogP contribution in [-0.2, 0) is 66.3 Å². The number of hydrogen-bond donors (Lipinski definition) is 1. The Bertz CT molecular complexity index is 2140. The summed E-state index contributed by atoms with van der Waals surface area (Å²) in [6.45, 7) is 9.48. The van der Waals surface area contributed by atoms with Crippen LogP contribution in [-0.4, -0.2) is 146 Å². The van der Waals surface area contributed by atoms with E-state index in [-0.39, 0.29) is 23.3 Å². The molecule has 3 aromatic carbocycles. The van der Waals surface area contributed by atoms with Crippen LogP contribution in [0.5, 0.6) is 0 Å². The smallest absolute Gasteiger partial charge is 0.338 e. The van der Waals surface area contributed by atoms with Gasteiger partial charge in [0.25, 0.3) is 0 Å². The van der Waals surface area contributed by atoms with Crippen molar-refractivity contribution in [1.82, 2.24) is 0 Å². The molecule has 6 fully saturated rings. The highest BCUT2D eigenvalue weighted by atomic mass is 16.9. The van der Waals surface area contributed by atoms with Gasteiger partial charge in [0.05, 0.1) is 29.9 Å². The molecule has 65 heavy (non-hydrogen) atoms. The van der Waals surface area contributed by atoms with E-state index >= 15 is 0 Å². The molecule has 14 atom stereocenters. The van der Waals surface area contributed by atoms with E-state index in [4.69, 9.17) is 66.3 Å². The van der Waals surface area contributed by atoms with Crippen LogP contribution in [0.1, 0.15) is 72.6 Å². The van der Waals surface area contributed by atoms with Gasteiger partial charge in [-0.05, 0) is 77.9 Å². The molecule has 6 saturated heterocycles. The lowest BCUT2D eigenvalue weighted by atomic mass is 9.98. The predicted molar refractivity (Wildman–Crippen MR) is 220 cm³/mol. The lowest BCUT2D eigenvalue weighted by Crippen LogP contribution is -2.61. The first kappa shape index (κ1) is 45.7. The van der Waals surface area contributed by atoms with Gasteiger partial charge in [0.1, 0.15) is 61.5 Å². The van der Waals surface area contributed by atoms with Crippen molar-refractivity contribution in [3.8, 4) is 0 Å². The van der Waals surface area contributed by atoms with Crippen LogP contribution in [0.15, 0.2) is 91.0 Å². The summed E-state index contributed by atoms with van der Waals surface area (Å²) in [6, 6.07) is 24.7. The largest absolute Gasteiger partial charge is 0.459 e. The molecule has 0 unspecified atom stereocenters.